The predicted molar refractivity (Wildman–Crippen MR) is 240 cm³/mol. The van der Waals surface area contributed by atoms with E-state index in [1.165, 1.54) is 0 Å². The van der Waals surface area contributed by atoms with Crippen molar-refractivity contribution < 1.29 is 9.15 Å². The molecule has 0 radical (unpaired) electrons. The summed E-state index contributed by atoms with van der Waals surface area (Å²) in [5.41, 5.74) is 13.3. The molecule has 0 amide bonds. The lowest BCUT2D eigenvalue weighted by molar-refractivity contribution is 0.477. The molecule has 0 spiro atoms. The Hall–Kier alpha value is -8.36. The third-order valence-corrected chi connectivity index (χ3v) is 11.6. The molecule has 8 nitrogen and oxygen atoms in total. The monoisotopic (exact) mass is 772 g/mol. The van der Waals surface area contributed by atoms with Crippen molar-refractivity contribution in [2.45, 2.75) is 0 Å². The summed E-state index contributed by atoms with van der Waals surface area (Å²) in [6.45, 7) is 0. The number of para-hydroxylation sites is 8. The van der Waals surface area contributed by atoms with Crippen LogP contribution in [0.1, 0.15) is 0 Å². The fourth-order valence-electron chi connectivity index (χ4n) is 9.10. The first kappa shape index (κ1) is 32.7. The van der Waals surface area contributed by atoms with E-state index in [1.54, 1.807) is 0 Å². The highest BCUT2D eigenvalue weighted by Gasteiger charge is 2.36. The number of ether oxygens (including phenoxy) is 1. The first-order valence-corrected chi connectivity index (χ1v) is 20.0. The number of hydrogen-bond acceptors (Lipinski definition) is 5. The summed E-state index contributed by atoms with van der Waals surface area (Å²) in [7, 11) is 0. The molecular formula is C52H32N6O2. The van der Waals surface area contributed by atoms with Crippen LogP contribution in [0.5, 0.6) is 11.5 Å². The molecule has 0 atom stereocenters. The van der Waals surface area contributed by atoms with E-state index in [1.807, 2.05) is 78.9 Å². The van der Waals surface area contributed by atoms with Crippen LogP contribution in [0.25, 0.3) is 83.9 Å². The second-order valence-electron chi connectivity index (χ2n) is 15.0. The molecule has 8 aromatic carbocycles. The van der Waals surface area contributed by atoms with Crippen LogP contribution in [0.15, 0.2) is 199 Å². The van der Waals surface area contributed by atoms with Crippen molar-refractivity contribution in [3.05, 3.63) is 194 Å². The van der Waals surface area contributed by atoms with E-state index in [2.05, 4.69) is 134 Å². The average Bonchev–Trinajstić information content (AvgIpc) is 4.09. The van der Waals surface area contributed by atoms with Crippen LogP contribution in [-0.4, -0.2) is 23.5 Å². The normalized spacial score (nSPS) is 12.4. The van der Waals surface area contributed by atoms with E-state index in [4.69, 9.17) is 19.1 Å². The predicted octanol–water partition coefficient (Wildman–Crippen LogP) is 13.4. The number of nitrogens with zero attached hydrogens (tertiary/aromatic N) is 6. The minimum atomic E-state index is 0.512. The first-order chi connectivity index (χ1) is 29.8. The fraction of sp³-hybridized carbons (Fsp3) is 0. The Morgan fingerprint density at radius 2 is 1.03 bits per heavy atom. The van der Waals surface area contributed by atoms with Gasteiger partial charge in [0.15, 0.2) is 17.1 Å². The van der Waals surface area contributed by atoms with Gasteiger partial charge in [0, 0.05) is 22.2 Å². The number of rotatable bonds is 5. The second kappa shape index (κ2) is 12.6. The van der Waals surface area contributed by atoms with Crippen molar-refractivity contribution >= 4 is 66.8 Å². The molecule has 0 N–H and O–H groups in total. The van der Waals surface area contributed by atoms with Crippen molar-refractivity contribution in [1.82, 2.24) is 23.5 Å². The van der Waals surface area contributed by atoms with Gasteiger partial charge in [-0.3, -0.25) is 18.4 Å². The summed E-state index contributed by atoms with van der Waals surface area (Å²) >= 11 is 0. The number of imidazole rings is 2. The highest BCUT2D eigenvalue weighted by atomic mass is 16.5. The van der Waals surface area contributed by atoms with Gasteiger partial charge in [-0.25, -0.2) is 9.97 Å². The molecule has 0 bridgehead atoms. The van der Waals surface area contributed by atoms with Crippen LogP contribution in [0.4, 0.5) is 17.1 Å². The smallest absolute Gasteiger partial charge is 0.227 e. The molecule has 13 rings (SSSR count). The summed E-state index contributed by atoms with van der Waals surface area (Å²) in [5.74, 6) is 2.78. The van der Waals surface area contributed by atoms with Gasteiger partial charge in [0.25, 0.3) is 0 Å². The zero-order chi connectivity index (χ0) is 39.3. The lowest BCUT2D eigenvalue weighted by Gasteiger charge is -2.33. The number of anilines is 3. The van der Waals surface area contributed by atoms with Crippen LogP contribution in [0.2, 0.25) is 0 Å². The van der Waals surface area contributed by atoms with Crippen molar-refractivity contribution in [3.63, 3.8) is 0 Å². The van der Waals surface area contributed by atoms with Crippen LogP contribution in [-0.2, 0) is 0 Å². The molecule has 0 unspecified atom stereocenters. The molecule has 0 aliphatic carbocycles. The fourth-order valence-corrected chi connectivity index (χ4v) is 9.10. The van der Waals surface area contributed by atoms with Gasteiger partial charge in [-0.1, -0.05) is 121 Å². The summed E-state index contributed by atoms with van der Waals surface area (Å²) in [6.07, 6.45) is 0. The molecule has 12 aromatic rings. The molecule has 0 saturated carbocycles. The second-order valence-corrected chi connectivity index (χ2v) is 15.0. The van der Waals surface area contributed by atoms with E-state index in [0.29, 0.717) is 17.0 Å². The Bertz CT molecular complexity index is 3590. The molecule has 5 heterocycles. The van der Waals surface area contributed by atoms with E-state index in [9.17, 15) is 0 Å². The Kier molecular flexibility index (Phi) is 6.85. The molecular weight excluding hydrogens is 741 g/mol. The minimum Gasteiger partial charge on any atom is -0.453 e. The molecule has 1 aliphatic rings. The van der Waals surface area contributed by atoms with Gasteiger partial charge in [0.2, 0.25) is 5.89 Å². The standard InChI is InChI=1S/C52H32N6O2/c1-4-18-33(19-5-1)51-53-45-47(55(51)36-23-8-3-9-24-36)48(57-40-28-14-16-30-42(40)59-43-31-17-15-29-41(43)57)46-50(60-52(54-46)34-20-6-2-7-21-34)49(45)58-39-27-13-12-26-38(39)56-37-25-11-10-22-35(37)32-44(56)58/h1-32H. The topological polar surface area (TPSA) is 65.7 Å². The van der Waals surface area contributed by atoms with Crippen LogP contribution < -0.4 is 9.64 Å². The number of fused-ring (bicyclic) bond motifs is 9. The zero-order valence-electron chi connectivity index (χ0n) is 32.0. The van der Waals surface area contributed by atoms with Gasteiger partial charge in [0.1, 0.15) is 39.4 Å². The van der Waals surface area contributed by atoms with Crippen molar-refractivity contribution in [3.8, 4) is 45.7 Å². The Labute approximate surface area is 343 Å². The largest absolute Gasteiger partial charge is 0.453 e. The van der Waals surface area contributed by atoms with Gasteiger partial charge in [-0.05, 0) is 72.8 Å². The van der Waals surface area contributed by atoms with Crippen LogP contribution >= 0.6 is 0 Å². The van der Waals surface area contributed by atoms with E-state index >= 15 is 0 Å². The third kappa shape index (κ3) is 4.61. The van der Waals surface area contributed by atoms with Crippen LogP contribution in [0.3, 0.4) is 0 Å². The third-order valence-electron chi connectivity index (χ3n) is 11.6. The Balaban J connectivity index is 1.30. The highest BCUT2D eigenvalue weighted by Crippen LogP contribution is 2.55. The lowest BCUT2D eigenvalue weighted by Crippen LogP contribution is -2.17. The summed E-state index contributed by atoms with van der Waals surface area (Å²) < 4.78 is 20.8. The summed E-state index contributed by atoms with van der Waals surface area (Å²) in [6, 6.07) is 66.7. The van der Waals surface area contributed by atoms with Gasteiger partial charge >= 0.3 is 0 Å². The van der Waals surface area contributed by atoms with E-state index < -0.39 is 0 Å². The van der Waals surface area contributed by atoms with Gasteiger partial charge in [-0.2, -0.15) is 0 Å². The quantitative estimate of drug-likeness (QED) is 0.174. The Morgan fingerprint density at radius 3 is 1.75 bits per heavy atom. The number of oxazole rings is 1. The molecule has 0 saturated heterocycles. The van der Waals surface area contributed by atoms with Crippen molar-refractivity contribution in [2.75, 3.05) is 4.90 Å². The number of aromatic nitrogens is 5. The Morgan fingerprint density at radius 1 is 0.450 bits per heavy atom. The average molecular weight is 773 g/mol. The molecule has 60 heavy (non-hydrogen) atoms. The van der Waals surface area contributed by atoms with Crippen molar-refractivity contribution in [2.24, 2.45) is 0 Å². The zero-order valence-corrected chi connectivity index (χ0v) is 32.0. The maximum Gasteiger partial charge on any atom is 0.227 e. The van der Waals surface area contributed by atoms with Gasteiger partial charge < -0.3 is 9.15 Å². The molecule has 4 aromatic heterocycles. The summed E-state index contributed by atoms with van der Waals surface area (Å²) in [4.78, 5) is 13.6. The molecule has 0 fully saturated rings. The lowest BCUT2D eigenvalue weighted by atomic mass is 10.1. The van der Waals surface area contributed by atoms with Gasteiger partial charge in [0.05, 0.1) is 27.9 Å². The highest BCUT2D eigenvalue weighted by molar-refractivity contribution is 6.18. The number of hydrogen-bond donors (Lipinski definition) is 0. The molecule has 282 valence electrons. The molecule has 1 aliphatic heterocycles. The first-order valence-electron chi connectivity index (χ1n) is 20.0. The van der Waals surface area contributed by atoms with Crippen molar-refractivity contribution in [1.29, 1.82) is 0 Å². The SMILES string of the molecule is c1ccc(-c2nc3c(N4c5ccccc5Oc5ccccc54)c4c(nc(-c5ccccc5)n4-c4ccccc4)c(-n4c5ccccc5n5c6ccccc6cc45)c3o2)cc1. The maximum absolute atomic E-state index is 7.21. The van der Waals surface area contributed by atoms with E-state index in [-0.39, 0.29) is 0 Å². The molecule has 8 heteroatoms. The summed E-state index contributed by atoms with van der Waals surface area (Å²) in [5, 5.41) is 1.14. The maximum atomic E-state index is 7.21. The number of benzene rings is 8. The van der Waals surface area contributed by atoms with E-state index in [0.717, 1.165) is 95.5 Å². The van der Waals surface area contributed by atoms with Gasteiger partial charge in [-0.15, -0.1) is 0 Å². The van der Waals surface area contributed by atoms with Crippen LogP contribution in [0, 0.1) is 0 Å². The minimum absolute atomic E-state index is 0.512.